The van der Waals surface area contributed by atoms with Crippen LogP contribution in [0.3, 0.4) is 0 Å². The first-order valence-corrected chi connectivity index (χ1v) is 5.21. The standard InChI is InChI=1S/C11H24O4.Zr/c1-10(2,3)14-8(12)7-9(13)15-11(4,5)6;/h8-9,12-13H,7H2,1-6H3;. The molecular weight excluding hydrogens is 287 g/mol. The van der Waals surface area contributed by atoms with Crippen LogP contribution in [0, 0.1) is 0 Å². The van der Waals surface area contributed by atoms with E-state index in [-0.39, 0.29) is 32.6 Å². The molecule has 0 spiro atoms. The summed E-state index contributed by atoms with van der Waals surface area (Å²) in [5.41, 5.74) is -0.859. The van der Waals surface area contributed by atoms with Crippen molar-refractivity contribution in [3.8, 4) is 0 Å². The van der Waals surface area contributed by atoms with Gasteiger partial charge in [-0.1, -0.05) is 0 Å². The molecule has 2 atom stereocenters. The van der Waals surface area contributed by atoms with E-state index in [2.05, 4.69) is 0 Å². The van der Waals surface area contributed by atoms with Crippen LogP contribution in [0.2, 0.25) is 0 Å². The van der Waals surface area contributed by atoms with Gasteiger partial charge in [0.25, 0.3) is 0 Å². The van der Waals surface area contributed by atoms with Crippen LogP contribution in [0.25, 0.3) is 0 Å². The number of hydrogen-bond acceptors (Lipinski definition) is 4. The summed E-state index contributed by atoms with van der Waals surface area (Å²) in [4.78, 5) is 0. The first-order valence-electron chi connectivity index (χ1n) is 5.21. The van der Waals surface area contributed by atoms with Gasteiger partial charge in [0.1, 0.15) is 0 Å². The summed E-state index contributed by atoms with van der Waals surface area (Å²) < 4.78 is 10.5. The van der Waals surface area contributed by atoms with Gasteiger partial charge in [0, 0.05) is 32.6 Å². The van der Waals surface area contributed by atoms with Crippen LogP contribution >= 0.6 is 0 Å². The molecule has 2 unspecified atom stereocenters. The quantitative estimate of drug-likeness (QED) is 0.775. The minimum atomic E-state index is -1.01. The molecule has 4 nitrogen and oxygen atoms in total. The Morgan fingerprint density at radius 1 is 0.812 bits per heavy atom. The maximum absolute atomic E-state index is 9.49. The molecular formula is C11H24O4Zr. The molecule has 0 aliphatic heterocycles. The van der Waals surface area contributed by atoms with Gasteiger partial charge in [0.05, 0.1) is 11.2 Å². The molecule has 16 heavy (non-hydrogen) atoms. The zero-order valence-electron chi connectivity index (χ0n) is 11.1. The van der Waals surface area contributed by atoms with E-state index in [9.17, 15) is 10.2 Å². The molecule has 2 N–H and O–H groups in total. The van der Waals surface area contributed by atoms with E-state index in [4.69, 9.17) is 9.47 Å². The molecule has 0 aromatic rings. The third kappa shape index (κ3) is 12.8. The van der Waals surface area contributed by atoms with Crippen LogP contribution < -0.4 is 0 Å². The molecule has 96 valence electrons. The average Bonchev–Trinajstić information content (AvgIpc) is 1.73. The number of aliphatic hydroxyl groups excluding tert-OH is 2. The van der Waals surface area contributed by atoms with Gasteiger partial charge in [0.15, 0.2) is 12.6 Å². The molecule has 0 aromatic heterocycles. The molecule has 0 rings (SSSR count). The van der Waals surface area contributed by atoms with Crippen LogP contribution in [0.5, 0.6) is 0 Å². The van der Waals surface area contributed by atoms with Crippen molar-refractivity contribution >= 4 is 0 Å². The van der Waals surface area contributed by atoms with Crippen LogP contribution in [0.4, 0.5) is 0 Å². The van der Waals surface area contributed by atoms with Crippen molar-refractivity contribution in [1.29, 1.82) is 0 Å². The Labute approximate surface area is 117 Å². The normalized spacial score (nSPS) is 16.5. The van der Waals surface area contributed by atoms with Gasteiger partial charge in [-0.15, -0.1) is 0 Å². The Balaban J connectivity index is 0. The Bertz CT molecular complexity index is 163. The number of hydrogen-bond donors (Lipinski definition) is 2. The monoisotopic (exact) mass is 310 g/mol. The van der Waals surface area contributed by atoms with Gasteiger partial charge >= 0.3 is 0 Å². The topological polar surface area (TPSA) is 58.9 Å². The Kier molecular flexibility index (Phi) is 8.61. The van der Waals surface area contributed by atoms with Crippen molar-refractivity contribution in [2.75, 3.05) is 0 Å². The van der Waals surface area contributed by atoms with Gasteiger partial charge < -0.3 is 19.7 Å². The van der Waals surface area contributed by atoms with Gasteiger partial charge in [0.2, 0.25) is 0 Å². The van der Waals surface area contributed by atoms with Crippen LogP contribution in [0.1, 0.15) is 48.0 Å². The summed E-state index contributed by atoms with van der Waals surface area (Å²) in [6.07, 6.45) is -1.97. The zero-order valence-corrected chi connectivity index (χ0v) is 13.5. The van der Waals surface area contributed by atoms with Gasteiger partial charge in [-0.25, -0.2) is 0 Å². The van der Waals surface area contributed by atoms with Crippen LogP contribution in [0.15, 0.2) is 0 Å². The molecule has 5 heteroatoms. The molecule has 0 radical (unpaired) electrons. The summed E-state index contributed by atoms with van der Waals surface area (Å²) in [5.74, 6) is 0. The Morgan fingerprint density at radius 3 is 1.25 bits per heavy atom. The Morgan fingerprint density at radius 2 is 1.06 bits per heavy atom. The first-order chi connectivity index (χ1) is 6.49. The zero-order chi connectivity index (χ0) is 12.3. The molecule has 0 bridgehead atoms. The minimum Gasteiger partial charge on any atom is -0.368 e. The summed E-state index contributed by atoms with van der Waals surface area (Å²) in [6, 6.07) is 0. The van der Waals surface area contributed by atoms with Crippen molar-refractivity contribution in [2.45, 2.75) is 71.7 Å². The number of aliphatic hydroxyl groups is 2. The predicted octanol–water partition coefficient (Wildman–Crippen LogP) is 1.64. The fourth-order valence-corrected chi connectivity index (χ4v) is 1.08. The minimum absolute atomic E-state index is 0. The molecule has 0 amide bonds. The fourth-order valence-electron chi connectivity index (χ4n) is 1.08. The molecule has 0 fully saturated rings. The summed E-state index contributed by atoms with van der Waals surface area (Å²) in [5, 5.41) is 19.0. The van der Waals surface area contributed by atoms with E-state index in [1.807, 2.05) is 41.5 Å². The van der Waals surface area contributed by atoms with Crippen molar-refractivity contribution in [3.63, 3.8) is 0 Å². The van der Waals surface area contributed by atoms with Gasteiger partial charge in [-0.05, 0) is 41.5 Å². The number of rotatable bonds is 4. The molecule has 0 heterocycles. The second-order valence-electron chi connectivity index (χ2n) is 5.61. The SMILES string of the molecule is CC(C)(C)OC(O)CC(O)OC(C)(C)C.[Zr]. The van der Waals surface area contributed by atoms with Crippen LogP contribution in [-0.4, -0.2) is 34.0 Å². The number of ether oxygens (including phenoxy) is 2. The molecule has 0 saturated heterocycles. The largest absolute Gasteiger partial charge is 0.368 e. The smallest absolute Gasteiger partial charge is 0.160 e. The van der Waals surface area contributed by atoms with E-state index in [0.29, 0.717) is 0 Å². The Hall–Kier alpha value is 0.723. The van der Waals surface area contributed by atoms with Crippen molar-refractivity contribution < 1.29 is 45.9 Å². The van der Waals surface area contributed by atoms with E-state index in [0.717, 1.165) is 0 Å². The molecule has 0 saturated carbocycles. The molecule has 0 aliphatic carbocycles. The first kappa shape index (κ1) is 19.1. The predicted molar refractivity (Wildman–Crippen MR) is 58.3 cm³/mol. The van der Waals surface area contributed by atoms with E-state index >= 15 is 0 Å². The van der Waals surface area contributed by atoms with E-state index in [1.165, 1.54) is 0 Å². The average molecular weight is 312 g/mol. The summed E-state index contributed by atoms with van der Waals surface area (Å²) in [7, 11) is 0. The maximum Gasteiger partial charge on any atom is 0.160 e. The molecule has 0 aliphatic rings. The second-order valence-corrected chi connectivity index (χ2v) is 5.61. The third-order valence-corrected chi connectivity index (χ3v) is 1.38. The second kappa shape index (κ2) is 7.22. The van der Waals surface area contributed by atoms with Crippen molar-refractivity contribution in [1.82, 2.24) is 0 Å². The maximum atomic E-state index is 9.49. The van der Waals surface area contributed by atoms with E-state index in [1.54, 1.807) is 0 Å². The summed E-state index contributed by atoms with van der Waals surface area (Å²) >= 11 is 0. The summed E-state index contributed by atoms with van der Waals surface area (Å²) in [6.45, 7) is 11.0. The van der Waals surface area contributed by atoms with E-state index < -0.39 is 23.8 Å². The van der Waals surface area contributed by atoms with Gasteiger partial charge in [-0.3, -0.25) is 0 Å². The van der Waals surface area contributed by atoms with Crippen molar-refractivity contribution in [2.24, 2.45) is 0 Å². The molecule has 0 aromatic carbocycles. The van der Waals surface area contributed by atoms with Crippen molar-refractivity contribution in [3.05, 3.63) is 0 Å². The van der Waals surface area contributed by atoms with Crippen LogP contribution in [-0.2, 0) is 35.7 Å². The van der Waals surface area contributed by atoms with Gasteiger partial charge in [-0.2, -0.15) is 0 Å². The third-order valence-electron chi connectivity index (χ3n) is 1.38. The fraction of sp³-hybridized carbons (Fsp3) is 1.00.